The molecule has 0 saturated carbocycles. The molecule has 3 rings (SSSR count). The summed E-state index contributed by atoms with van der Waals surface area (Å²) in [5.74, 6) is 1.43. The minimum atomic E-state index is -0.155. The molecule has 162 valence electrons. The Hall–Kier alpha value is -3.54. The van der Waals surface area contributed by atoms with Crippen LogP contribution in [-0.4, -0.2) is 22.8 Å². The van der Waals surface area contributed by atoms with E-state index in [1.165, 1.54) is 6.08 Å². The molecule has 0 aliphatic carbocycles. The van der Waals surface area contributed by atoms with Gasteiger partial charge in [0, 0.05) is 36.5 Å². The molecule has 6 heteroatoms. The molecule has 1 N–H and O–H groups in total. The third-order valence-electron chi connectivity index (χ3n) is 5.03. The summed E-state index contributed by atoms with van der Waals surface area (Å²) < 4.78 is 13.3. The zero-order valence-corrected chi connectivity index (χ0v) is 18.5. The summed E-state index contributed by atoms with van der Waals surface area (Å²) in [6.45, 7) is 7.63. The van der Waals surface area contributed by atoms with Crippen molar-refractivity contribution < 1.29 is 14.3 Å². The summed E-state index contributed by atoms with van der Waals surface area (Å²) in [6, 6.07) is 13.7. The van der Waals surface area contributed by atoms with Gasteiger partial charge in [-0.3, -0.25) is 9.48 Å². The molecule has 0 bridgehead atoms. The summed E-state index contributed by atoms with van der Waals surface area (Å²) in [4.78, 5) is 12.3. The van der Waals surface area contributed by atoms with E-state index in [9.17, 15) is 4.79 Å². The molecule has 1 heterocycles. The van der Waals surface area contributed by atoms with Crippen LogP contribution in [0.3, 0.4) is 0 Å². The standard InChI is InChI=1S/C25H29N3O3/c1-5-28-16-22(19(3)27-28)15-26-25(29)13-11-20-10-12-24(30-4)21(14-20)17-31-23-9-7-6-8-18(23)2/h6-14,16H,5,15,17H2,1-4H3,(H,26,29)/b13-11+. The highest BCUT2D eigenvalue weighted by molar-refractivity contribution is 5.91. The number of benzene rings is 2. The quantitative estimate of drug-likeness (QED) is 0.521. The summed E-state index contributed by atoms with van der Waals surface area (Å²) in [6.07, 6.45) is 5.28. The Balaban J connectivity index is 1.63. The van der Waals surface area contributed by atoms with Gasteiger partial charge in [-0.1, -0.05) is 24.3 Å². The molecule has 2 aromatic carbocycles. The molecule has 31 heavy (non-hydrogen) atoms. The maximum absolute atomic E-state index is 12.3. The highest BCUT2D eigenvalue weighted by Crippen LogP contribution is 2.24. The van der Waals surface area contributed by atoms with Crippen molar-refractivity contribution in [3.05, 3.63) is 82.7 Å². The van der Waals surface area contributed by atoms with Crippen LogP contribution >= 0.6 is 0 Å². The fourth-order valence-corrected chi connectivity index (χ4v) is 3.20. The Bertz CT molecular complexity index is 1070. The number of ether oxygens (including phenoxy) is 2. The Labute approximate surface area is 183 Å². The van der Waals surface area contributed by atoms with Crippen molar-refractivity contribution >= 4 is 12.0 Å². The maximum Gasteiger partial charge on any atom is 0.244 e. The van der Waals surface area contributed by atoms with Crippen LogP contribution in [-0.2, 0) is 24.5 Å². The van der Waals surface area contributed by atoms with Crippen molar-refractivity contribution in [1.29, 1.82) is 0 Å². The Morgan fingerprint density at radius 2 is 1.94 bits per heavy atom. The first-order valence-corrected chi connectivity index (χ1v) is 10.3. The Morgan fingerprint density at radius 3 is 2.65 bits per heavy atom. The zero-order chi connectivity index (χ0) is 22.2. The van der Waals surface area contributed by atoms with E-state index in [0.29, 0.717) is 13.2 Å². The number of para-hydroxylation sites is 1. The molecule has 6 nitrogen and oxygen atoms in total. The van der Waals surface area contributed by atoms with E-state index >= 15 is 0 Å². The minimum absolute atomic E-state index is 0.155. The lowest BCUT2D eigenvalue weighted by molar-refractivity contribution is -0.116. The lowest BCUT2D eigenvalue weighted by atomic mass is 10.1. The Kier molecular flexibility index (Phi) is 7.49. The van der Waals surface area contributed by atoms with Crippen LogP contribution in [0.2, 0.25) is 0 Å². The zero-order valence-electron chi connectivity index (χ0n) is 18.5. The molecule has 0 aliphatic heterocycles. The SMILES string of the molecule is CCn1cc(CNC(=O)/C=C/c2ccc(OC)c(COc3ccccc3C)c2)c(C)n1. The molecule has 0 radical (unpaired) electrons. The van der Waals surface area contributed by atoms with Gasteiger partial charge in [0.2, 0.25) is 5.91 Å². The molecule has 1 aromatic heterocycles. The molecule has 3 aromatic rings. The van der Waals surface area contributed by atoms with Crippen LogP contribution in [0.25, 0.3) is 6.08 Å². The number of nitrogens with one attached hydrogen (secondary N) is 1. The number of rotatable bonds is 9. The van der Waals surface area contributed by atoms with Crippen molar-refractivity contribution in [1.82, 2.24) is 15.1 Å². The molecule has 0 fully saturated rings. The van der Waals surface area contributed by atoms with Crippen molar-refractivity contribution in [2.45, 2.75) is 40.5 Å². The molecule has 0 saturated heterocycles. The number of hydrogen-bond donors (Lipinski definition) is 1. The van der Waals surface area contributed by atoms with Gasteiger partial charge < -0.3 is 14.8 Å². The normalized spacial score (nSPS) is 11.0. The third kappa shape index (κ3) is 5.98. The molecule has 1 amide bonds. The smallest absolute Gasteiger partial charge is 0.244 e. The van der Waals surface area contributed by atoms with Crippen molar-refractivity contribution in [3.63, 3.8) is 0 Å². The van der Waals surface area contributed by atoms with Crippen LogP contribution in [0.1, 0.15) is 34.9 Å². The molecular weight excluding hydrogens is 390 g/mol. The second-order valence-electron chi connectivity index (χ2n) is 7.27. The second kappa shape index (κ2) is 10.5. The fourth-order valence-electron chi connectivity index (χ4n) is 3.20. The minimum Gasteiger partial charge on any atom is -0.496 e. The predicted octanol–water partition coefficient (Wildman–Crippen LogP) is 4.44. The van der Waals surface area contributed by atoms with Gasteiger partial charge in [-0.25, -0.2) is 0 Å². The topological polar surface area (TPSA) is 65.4 Å². The van der Waals surface area contributed by atoms with E-state index in [4.69, 9.17) is 9.47 Å². The maximum atomic E-state index is 12.3. The van der Waals surface area contributed by atoms with Crippen LogP contribution < -0.4 is 14.8 Å². The van der Waals surface area contributed by atoms with Crippen LogP contribution in [0.15, 0.2) is 54.7 Å². The fraction of sp³-hybridized carbons (Fsp3) is 0.280. The number of carbonyl (C=O) groups excluding carboxylic acids is 1. The summed E-state index contributed by atoms with van der Waals surface area (Å²) >= 11 is 0. The van der Waals surface area contributed by atoms with Gasteiger partial charge in [0.15, 0.2) is 0 Å². The van der Waals surface area contributed by atoms with Crippen LogP contribution in [0, 0.1) is 13.8 Å². The van der Waals surface area contributed by atoms with Gasteiger partial charge in [-0.2, -0.15) is 5.10 Å². The monoisotopic (exact) mass is 419 g/mol. The number of amides is 1. The first-order chi connectivity index (χ1) is 15.0. The van der Waals surface area contributed by atoms with Crippen molar-refractivity contribution in [3.8, 4) is 11.5 Å². The van der Waals surface area contributed by atoms with Crippen LogP contribution in [0.5, 0.6) is 11.5 Å². The number of aromatic nitrogens is 2. The third-order valence-corrected chi connectivity index (χ3v) is 5.03. The largest absolute Gasteiger partial charge is 0.496 e. The van der Waals surface area contributed by atoms with Gasteiger partial charge in [0.1, 0.15) is 18.1 Å². The summed E-state index contributed by atoms with van der Waals surface area (Å²) in [7, 11) is 1.64. The predicted molar refractivity (Wildman–Crippen MR) is 122 cm³/mol. The highest BCUT2D eigenvalue weighted by Gasteiger charge is 2.07. The van der Waals surface area contributed by atoms with E-state index in [2.05, 4.69) is 10.4 Å². The summed E-state index contributed by atoms with van der Waals surface area (Å²) in [5.41, 5.74) is 4.84. The van der Waals surface area contributed by atoms with Crippen molar-refractivity contribution in [2.24, 2.45) is 0 Å². The number of hydrogen-bond acceptors (Lipinski definition) is 4. The lowest BCUT2D eigenvalue weighted by Crippen LogP contribution is -2.20. The van der Waals surface area contributed by atoms with Crippen molar-refractivity contribution in [2.75, 3.05) is 7.11 Å². The first-order valence-electron chi connectivity index (χ1n) is 10.3. The van der Waals surface area contributed by atoms with Gasteiger partial charge in [0.05, 0.1) is 12.8 Å². The molecule has 0 unspecified atom stereocenters. The van der Waals surface area contributed by atoms with E-state index in [1.807, 2.05) is 74.1 Å². The van der Waals surface area contributed by atoms with E-state index in [1.54, 1.807) is 13.2 Å². The summed E-state index contributed by atoms with van der Waals surface area (Å²) in [5, 5.41) is 7.30. The number of nitrogens with zero attached hydrogens (tertiary/aromatic N) is 2. The first kappa shape index (κ1) is 22.2. The van der Waals surface area contributed by atoms with Crippen LogP contribution in [0.4, 0.5) is 0 Å². The molecule has 0 atom stereocenters. The lowest BCUT2D eigenvalue weighted by Gasteiger charge is -2.12. The van der Waals surface area contributed by atoms with E-state index in [-0.39, 0.29) is 5.91 Å². The number of carbonyl (C=O) groups is 1. The highest BCUT2D eigenvalue weighted by atomic mass is 16.5. The molecular formula is C25H29N3O3. The molecule has 0 aliphatic rings. The van der Waals surface area contributed by atoms with Gasteiger partial charge >= 0.3 is 0 Å². The Morgan fingerprint density at radius 1 is 1.13 bits per heavy atom. The van der Waals surface area contributed by atoms with Gasteiger partial charge in [-0.05, 0) is 56.2 Å². The van der Waals surface area contributed by atoms with Gasteiger partial charge in [0.25, 0.3) is 0 Å². The average molecular weight is 420 g/mol. The van der Waals surface area contributed by atoms with E-state index < -0.39 is 0 Å². The second-order valence-corrected chi connectivity index (χ2v) is 7.27. The number of methoxy groups -OCH3 is 1. The average Bonchev–Trinajstić information content (AvgIpc) is 3.15. The number of aryl methyl sites for hydroxylation is 3. The molecule has 0 spiro atoms. The van der Waals surface area contributed by atoms with E-state index in [0.717, 1.165) is 46.0 Å². The van der Waals surface area contributed by atoms with Gasteiger partial charge in [-0.15, -0.1) is 0 Å².